The van der Waals surface area contributed by atoms with Crippen molar-refractivity contribution >= 4 is 15.9 Å². The Hall–Kier alpha value is -1.47. The summed E-state index contributed by atoms with van der Waals surface area (Å²) in [7, 11) is -3.81. The molecular formula is C11H13FN2O3S. The van der Waals surface area contributed by atoms with E-state index in [1.807, 2.05) is 0 Å². The van der Waals surface area contributed by atoms with E-state index in [4.69, 9.17) is 0 Å². The largest absolute Gasteiger partial charge is 0.355 e. The highest BCUT2D eigenvalue weighted by molar-refractivity contribution is 7.89. The van der Waals surface area contributed by atoms with Crippen LogP contribution < -0.4 is 5.32 Å². The van der Waals surface area contributed by atoms with Crippen LogP contribution >= 0.6 is 0 Å². The second kappa shape index (κ2) is 5.03. The van der Waals surface area contributed by atoms with E-state index in [1.54, 1.807) is 0 Å². The Kier molecular flexibility index (Phi) is 3.63. The van der Waals surface area contributed by atoms with Crippen LogP contribution in [0.2, 0.25) is 0 Å². The average Bonchev–Trinajstić information content (AvgIpc) is 2.54. The zero-order chi connectivity index (χ0) is 13.2. The van der Waals surface area contributed by atoms with E-state index >= 15 is 0 Å². The molecule has 1 aliphatic rings. The van der Waals surface area contributed by atoms with Crippen LogP contribution in [-0.2, 0) is 14.8 Å². The normalized spacial score (nSPS) is 18.2. The maximum Gasteiger partial charge on any atom is 0.243 e. The Labute approximate surface area is 105 Å². The first-order valence-corrected chi connectivity index (χ1v) is 6.96. The van der Waals surface area contributed by atoms with E-state index in [9.17, 15) is 17.6 Å². The third kappa shape index (κ3) is 2.68. The lowest BCUT2D eigenvalue weighted by atomic mass is 10.4. The minimum atomic E-state index is -3.81. The summed E-state index contributed by atoms with van der Waals surface area (Å²) in [5.41, 5.74) is 0. The van der Waals surface area contributed by atoms with Crippen LogP contribution in [0.1, 0.15) is 6.42 Å². The van der Waals surface area contributed by atoms with E-state index in [-0.39, 0.29) is 23.9 Å². The molecule has 0 aliphatic carbocycles. The van der Waals surface area contributed by atoms with Gasteiger partial charge in [-0.3, -0.25) is 4.79 Å². The summed E-state index contributed by atoms with van der Waals surface area (Å²) in [6.07, 6.45) is 0.542. The smallest absolute Gasteiger partial charge is 0.243 e. The molecule has 0 unspecified atom stereocenters. The van der Waals surface area contributed by atoms with Gasteiger partial charge in [0.2, 0.25) is 15.9 Å². The summed E-state index contributed by atoms with van der Waals surface area (Å²) in [6, 6.07) is 4.79. The first-order valence-electron chi connectivity index (χ1n) is 5.52. The molecule has 0 aromatic heterocycles. The summed E-state index contributed by atoms with van der Waals surface area (Å²) in [6.45, 7) is 0.477. The van der Waals surface area contributed by atoms with Crippen molar-refractivity contribution in [2.45, 2.75) is 11.3 Å². The molecule has 0 atom stereocenters. The topological polar surface area (TPSA) is 66.5 Å². The first kappa shape index (κ1) is 13.0. The molecular weight excluding hydrogens is 259 g/mol. The van der Waals surface area contributed by atoms with Crippen LogP contribution in [0.15, 0.2) is 29.2 Å². The van der Waals surface area contributed by atoms with E-state index in [2.05, 4.69) is 5.32 Å². The lowest BCUT2D eigenvalue weighted by Crippen LogP contribution is -2.37. The fourth-order valence-corrected chi connectivity index (χ4v) is 3.23. The molecule has 0 bridgehead atoms. The molecule has 1 aromatic rings. The van der Waals surface area contributed by atoms with Crippen LogP contribution in [0.4, 0.5) is 4.39 Å². The summed E-state index contributed by atoms with van der Waals surface area (Å²) >= 11 is 0. The maximum atomic E-state index is 13.1. The molecule has 1 amide bonds. The van der Waals surface area contributed by atoms with Crippen LogP contribution in [-0.4, -0.2) is 38.3 Å². The van der Waals surface area contributed by atoms with Gasteiger partial charge >= 0.3 is 0 Å². The number of sulfonamides is 1. The Morgan fingerprint density at radius 2 is 2.11 bits per heavy atom. The second-order valence-electron chi connectivity index (χ2n) is 4.00. The predicted octanol–water partition coefficient (Wildman–Crippen LogP) is 0.336. The van der Waals surface area contributed by atoms with Crippen molar-refractivity contribution in [2.24, 2.45) is 0 Å². The number of halogens is 1. The van der Waals surface area contributed by atoms with Gasteiger partial charge in [0.25, 0.3) is 0 Å². The monoisotopic (exact) mass is 272 g/mol. The van der Waals surface area contributed by atoms with E-state index in [0.29, 0.717) is 13.0 Å². The molecule has 0 spiro atoms. The fourth-order valence-electron chi connectivity index (χ4n) is 1.76. The SMILES string of the molecule is O=C1CN(S(=O)(=O)c2cccc(F)c2)CCCN1. The van der Waals surface area contributed by atoms with Gasteiger partial charge in [-0.25, -0.2) is 12.8 Å². The van der Waals surface area contributed by atoms with E-state index in [0.717, 1.165) is 10.4 Å². The van der Waals surface area contributed by atoms with Gasteiger partial charge in [0, 0.05) is 13.1 Å². The predicted molar refractivity (Wildman–Crippen MR) is 62.8 cm³/mol. The average molecular weight is 272 g/mol. The lowest BCUT2D eigenvalue weighted by molar-refractivity contribution is -0.120. The number of hydrogen-bond acceptors (Lipinski definition) is 3. The van der Waals surface area contributed by atoms with Gasteiger partial charge in [0.15, 0.2) is 0 Å². The molecule has 0 radical (unpaired) electrons. The van der Waals surface area contributed by atoms with Crippen molar-refractivity contribution in [3.8, 4) is 0 Å². The molecule has 7 heteroatoms. The number of carbonyl (C=O) groups excluding carboxylic acids is 1. The van der Waals surface area contributed by atoms with Gasteiger partial charge in [0.05, 0.1) is 11.4 Å². The summed E-state index contributed by atoms with van der Waals surface area (Å²) in [4.78, 5) is 11.2. The highest BCUT2D eigenvalue weighted by atomic mass is 32.2. The summed E-state index contributed by atoms with van der Waals surface area (Å²) < 4.78 is 38.6. The molecule has 2 rings (SSSR count). The van der Waals surface area contributed by atoms with E-state index < -0.39 is 15.8 Å². The molecule has 1 heterocycles. The Balaban J connectivity index is 2.32. The molecule has 1 fully saturated rings. The minimum absolute atomic E-state index is 0.128. The fraction of sp³-hybridized carbons (Fsp3) is 0.364. The van der Waals surface area contributed by atoms with Crippen LogP contribution in [0.5, 0.6) is 0 Å². The molecule has 5 nitrogen and oxygen atoms in total. The highest BCUT2D eigenvalue weighted by Crippen LogP contribution is 2.17. The Bertz CT molecular complexity index is 559. The maximum absolute atomic E-state index is 13.1. The van der Waals surface area contributed by atoms with Crippen molar-refractivity contribution in [1.82, 2.24) is 9.62 Å². The number of carbonyl (C=O) groups is 1. The van der Waals surface area contributed by atoms with Crippen molar-refractivity contribution in [3.05, 3.63) is 30.1 Å². The van der Waals surface area contributed by atoms with Crippen LogP contribution in [0.3, 0.4) is 0 Å². The van der Waals surface area contributed by atoms with Gasteiger partial charge in [-0.1, -0.05) is 6.07 Å². The van der Waals surface area contributed by atoms with Crippen molar-refractivity contribution in [2.75, 3.05) is 19.6 Å². The van der Waals surface area contributed by atoms with Crippen LogP contribution in [0, 0.1) is 5.82 Å². The van der Waals surface area contributed by atoms with Crippen LogP contribution in [0.25, 0.3) is 0 Å². The third-order valence-corrected chi connectivity index (χ3v) is 4.50. The molecule has 1 aliphatic heterocycles. The number of amides is 1. The van der Waals surface area contributed by atoms with Crippen molar-refractivity contribution < 1.29 is 17.6 Å². The second-order valence-corrected chi connectivity index (χ2v) is 5.94. The number of nitrogens with zero attached hydrogens (tertiary/aromatic N) is 1. The molecule has 18 heavy (non-hydrogen) atoms. The molecule has 1 saturated heterocycles. The number of benzene rings is 1. The molecule has 1 aromatic carbocycles. The minimum Gasteiger partial charge on any atom is -0.355 e. The summed E-state index contributed by atoms with van der Waals surface area (Å²) in [5.74, 6) is -0.956. The number of nitrogens with one attached hydrogen (secondary N) is 1. The van der Waals surface area contributed by atoms with Gasteiger partial charge in [-0.2, -0.15) is 4.31 Å². The van der Waals surface area contributed by atoms with Gasteiger partial charge in [0.1, 0.15) is 5.82 Å². The van der Waals surface area contributed by atoms with Crippen molar-refractivity contribution in [3.63, 3.8) is 0 Å². The highest BCUT2D eigenvalue weighted by Gasteiger charge is 2.28. The third-order valence-electron chi connectivity index (χ3n) is 2.66. The standard InChI is InChI=1S/C11H13FN2O3S/c12-9-3-1-4-10(7-9)18(16,17)14-6-2-5-13-11(15)8-14/h1,3-4,7H,2,5-6,8H2,(H,13,15). The number of rotatable bonds is 2. The van der Waals surface area contributed by atoms with Gasteiger partial charge in [-0.15, -0.1) is 0 Å². The zero-order valence-electron chi connectivity index (χ0n) is 9.60. The van der Waals surface area contributed by atoms with E-state index in [1.165, 1.54) is 18.2 Å². The Morgan fingerprint density at radius 1 is 1.33 bits per heavy atom. The number of hydrogen-bond donors (Lipinski definition) is 1. The van der Waals surface area contributed by atoms with Crippen molar-refractivity contribution in [1.29, 1.82) is 0 Å². The molecule has 1 N–H and O–H groups in total. The van der Waals surface area contributed by atoms with Gasteiger partial charge < -0.3 is 5.32 Å². The Morgan fingerprint density at radius 3 is 2.83 bits per heavy atom. The zero-order valence-corrected chi connectivity index (χ0v) is 10.4. The quantitative estimate of drug-likeness (QED) is 0.844. The first-order chi connectivity index (χ1) is 8.50. The summed E-state index contributed by atoms with van der Waals surface area (Å²) in [5, 5.41) is 2.59. The lowest BCUT2D eigenvalue weighted by Gasteiger charge is -2.18. The van der Waals surface area contributed by atoms with Gasteiger partial charge in [-0.05, 0) is 24.6 Å². The molecule has 98 valence electrons. The molecule has 0 saturated carbocycles.